The maximum atomic E-state index is 12.1. The van der Waals surface area contributed by atoms with Gasteiger partial charge < -0.3 is 0 Å². The van der Waals surface area contributed by atoms with Crippen LogP contribution >= 0.6 is 34.8 Å². The van der Waals surface area contributed by atoms with Crippen molar-refractivity contribution in [3.8, 4) is 0 Å². The lowest BCUT2D eigenvalue weighted by Crippen LogP contribution is -2.06. The van der Waals surface area contributed by atoms with Crippen molar-refractivity contribution in [2.75, 3.05) is 0 Å². The Morgan fingerprint density at radius 1 is 0.786 bits per heavy atom. The van der Waals surface area contributed by atoms with Crippen molar-refractivity contribution in [1.82, 2.24) is 0 Å². The van der Waals surface area contributed by atoms with Crippen LogP contribution in [0.1, 0.15) is 11.1 Å². The molecule has 1 rings (SSSR count). The molecule has 0 aromatic heterocycles. The summed E-state index contributed by atoms with van der Waals surface area (Å²) in [7, 11) is 0. The van der Waals surface area contributed by atoms with Gasteiger partial charge in [0.1, 0.15) is 0 Å². The van der Waals surface area contributed by atoms with E-state index in [2.05, 4.69) is 0 Å². The highest BCUT2D eigenvalue weighted by atomic mass is 35.6. The first-order valence-electron chi connectivity index (χ1n) is 3.46. The van der Waals surface area contributed by atoms with Crippen molar-refractivity contribution < 1.29 is 13.2 Å². The Balaban J connectivity index is 3.02. The monoisotopic (exact) mass is 262 g/mol. The summed E-state index contributed by atoms with van der Waals surface area (Å²) in [5, 5.41) is 0. The van der Waals surface area contributed by atoms with E-state index in [9.17, 15) is 13.2 Å². The fourth-order valence-electron chi connectivity index (χ4n) is 0.848. The molecule has 0 N–H and O–H groups in total. The summed E-state index contributed by atoms with van der Waals surface area (Å²) >= 11 is 16.4. The molecule has 0 unspecified atom stereocenters. The highest BCUT2D eigenvalue weighted by Gasteiger charge is 2.31. The Bertz CT molecular complexity index is 277. The highest BCUT2D eigenvalue weighted by Crippen LogP contribution is 2.39. The fourth-order valence-corrected chi connectivity index (χ4v) is 1.23. The van der Waals surface area contributed by atoms with E-state index in [0.29, 0.717) is 0 Å². The number of hydrogen-bond acceptors (Lipinski definition) is 0. The van der Waals surface area contributed by atoms with Gasteiger partial charge in [0.2, 0.25) is 3.79 Å². The molecular formula is C8H4Cl3F3. The van der Waals surface area contributed by atoms with Crippen LogP contribution in [0.3, 0.4) is 0 Å². The Morgan fingerprint density at radius 3 is 1.43 bits per heavy atom. The lowest BCUT2D eigenvalue weighted by atomic mass is 10.1. The van der Waals surface area contributed by atoms with Crippen molar-refractivity contribution in [3.05, 3.63) is 35.4 Å². The number of rotatable bonds is 0. The summed E-state index contributed by atoms with van der Waals surface area (Å²) in [6.45, 7) is 0. The van der Waals surface area contributed by atoms with Gasteiger partial charge in [0.05, 0.1) is 5.56 Å². The summed E-state index contributed by atoms with van der Waals surface area (Å²) in [5.41, 5.74) is -0.564. The van der Waals surface area contributed by atoms with E-state index in [0.717, 1.165) is 24.3 Å². The number of halogens is 6. The molecule has 0 aliphatic rings. The molecule has 1 aromatic rings. The third kappa shape index (κ3) is 2.94. The summed E-state index contributed by atoms with van der Waals surface area (Å²) in [6.07, 6.45) is -4.37. The molecular weight excluding hydrogens is 259 g/mol. The zero-order chi connectivity index (χ0) is 11.0. The van der Waals surface area contributed by atoms with Crippen LogP contribution in [0.25, 0.3) is 0 Å². The molecule has 0 amide bonds. The second-order valence-corrected chi connectivity index (χ2v) is 4.85. The minimum atomic E-state index is -4.37. The molecule has 0 aliphatic heterocycles. The van der Waals surface area contributed by atoms with E-state index in [1.165, 1.54) is 0 Å². The van der Waals surface area contributed by atoms with Crippen LogP contribution in [0.4, 0.5) is 13.2 Å². The van der Waals surface area contributed by atoms with E-state index < -0.39 is 15.5 Å². The molecule has 0 nitrogen and oxygen atoms in total. The topological polar surface area (TPSA) is 0 Å². The first-order chi connectivity index (χ1) is 6.21. The molecule has 0 radical (unpaired) electrons. The zero-order valence-corrected chi connectivity index (χ0v) is 8.84. The minimum Gasteiger partial charge on any atom is -0.166 e. The van der Waals surface area contributed by atoms with Crippen molar-refractivity contribution in [2.45, 2.75) is 9.97 Å². The van der Waals surface area contributed by atoms with Gasteiger partial charge in [0, 0.05) is 5.56 Å². The molecule has 78 valence electrons. The quantitative estimate of drug-likeness (QED) is 0.603. The largest absolute Gasteiger partial charge is 0.416 e. The van der Waals surface area contributed by atoms with E-state index in [4.69, 9.17) is 34.8 Å². The van der Waals surface area contributed by atoms with E-state index in [1.807, 2.05) is 0 Å². The standard InChI is InChI=1S/C8H4Cl3F3/c9-7(10,11)5-1-3-6(4-2-5)8(12,13)14/h1-4H. The molecule has 0 spiro atoms. The second-order valence-electron chi connectivity index (χ2n) is 2.57. The molecule has 1 aromatic carbocycles. The van der Waals surface area contributed by atoms with Crippen LogP contribution in [0.2, 0.25) is 0 Å². The van der Waals surface area contributed by atoms with Gasteiger partial charge in [-0.15, -0.1) is 0 Å². The molecule has 0 fully saturated rings. The predicted octanol–water partition coefficient (Wildman–Crippen LogP) is 4.53. The van der Waals surface area contributed by atoms with Crippen LogP contribution < -0.4 is 0 Å². The average Bonchev–Trinajstić information content (AvgIpc) is 2.01. The number of alkyl halides is 6. The van der Waals surface area contributed by atoms with Crippen molar-refractivity contribution >= 4 is 34.8 Å². The van der Waals surface area contributed by atoms with Crippen LogP contribution in [-0.4, -0.2) is 0 Å². The van der Waals surface area contributed by atoms with E-state index in [-0.39, 0.29) is 5.56 Å². The van der Waals surface area contributed by atoms with Crippen LogP contribution in [0.15, 0.2) is 24.3 Å². The molecule has 0 aliphatic carbocycles. The normalized spacial score (nSPS) is 13.0. The van der Waals surface area contributed by atoms with Gasteiger partial charge in [-0.1, -0.05) is 46.9 Å². The lowest BCUT2D eigenvalue weighted by molar-refractivity contribution is -0.137. The Hall–Kier alpha value is -0.120. The summed E-state index contributed by atoms with van der Waals surface area (Å²) in [4.78, 5) is 0. The van der Waals surface area contributed by atoms with Crippen LogP contribution in [-0.2, 0) is 9.97 Å². The SMILES string of the molecule is FC(F)(F)c1ccc(C(Cl)(Cl)Cl)cc1. The van der Waals surface area contributed by atoms with Crippen LogP contribution in [0, 0.1) is 0 Å². The van der Waals surface area contributed by atoms with Gasteiger partial charge in [0.25, 0.3) is 0 Å². The van der Waals surface area contributed by atoms with Gasteiger partial charge in [-0.2, -0.15) is 13.2 Å². The Kier molecular flexibility index (Phi) is 3.24. The smallest absolute Gasteiger partial charge is 0.166 e. The van der Waals surface area contributed by atoms with E-state index >= 15 is 0 Å². The second kappa shape index (κ2) is 3.80. The average molecular weight is 263 g/mol. The Morgan fingerprint density at radius 2 is 1.14 bits per heavy atom. The molecule has 6 heteroatoms. The molecule has 0 heterocycles. The summed E-state index contributed by atoms with van der Waals surface area (Å²) in [6, 6.07) is 4.01. The van der Waals surface area contributed by atoms with E-state index in [1.54, 1.807) is 0 Å². The lowest BCUT2D eigenvalue weighted by Gasteiger charge is -2.12. The van der Waals surface area contributed by atoms with Gasteiger partial charge in [-0.05, 0) is 12.1 Å². The Labute approximate surface area is 93.6 Å². The van der Waals surface area contributed by atoms with Gasteiger partial charge in [-0.25, -0.2) is 0 Å². The summed E-state index contributed by atoms with van der Waals surface area (Å²) < 4.78 is 34.7. The third-order valence-electron chi connectivity index (χ3n) is 1.54. The number of benzene rings is 1. The van der Waals surface area contributed by atoms with Crippen molar-refractivity contribution in [1.29, 1.82) is 0 Å². The molecule has 0 atom stereocenters. The van der Waals surface area contributed by atoms with Gasteiger partial charge >= 0.3 is 6.18 Å². The maximum Gasteiger partial charge on any atom is 0.416 e. The van der Waals surface area contributed by atoms with Crippen LogP contribution in [0.5, 0.6) is 0 Å². The first kappa shape index (κ1) is 12.0. The van der Waals surface area contributed by atoms with Crippen molar-refractivity contribution in [3.63, 3.8) is 0 Å². The van der Waals surface area contributed by atoms with Gasteiger partial charge in [0.15, 0.2) is 0 Å². The number of hydrogen-bond donors (Lipinski definition) is 0. The highest BCUT2D eigenvalue weighted by molar-refractivity contribution is 6.66. The minimum absolute atomic E-state index is 0.204. The third-order valence-corrected chi connectivity index (χ3v) is 2.19. The molecule has 14 heavy (non-hydrogen) atoms. The first-order valence-corrected chi connectivity index (χ1v) is 4.59. The molecule has 0 bridgehead atoms. The molecule has 0 saturated carbocycles. The summed E-state index contributed by atoms with van der Waals surface area (Å²) in [5.74, 6) is 0. The predicted molar refractivity (Wildman–Crippen MR) is 50.7 cm³/mol. The molecule has 0 saturated heterocycles. The zero-order valence-electron chi connectivity index (χ0n) is 6.58. The van der Waals surface area contributed by atoms with Gasteiger partial charge in [-0.3, -0.25) is 0 Å². The maximum absolute atomic E-state index is 12.1. The fraction of sp³-hybridized carbons (Fsp3) is 0.250. The van der Waals surface area contributed by atoms with Crippen molar-refractivity contribution in [2.24, 2.45) is 0 Å².